The zero-order valence-corrected chi connectivity index (χ0v) is 10.9. The SMILES string of the molecule is CC1CCCCCC1Nc1nccc(C(F)(F)F)n1. The van der Waals surface area contributed by atoms with Gasteiger partial charge in [0.15, 0.2) is 0 Å². The fourth-order valence-electron chi connectivity index (χ4n) is 2.46. The molecule has 1 aliphatic carbocycles. The van der Waals surface area contributed by atoms with Gasteiger partial charge in [0.2, 0.25) is 5.95 Å². The van der Waals surface area contributed by atoms with Gasteiger partial charge in [-0.1, -0.05) is 26.2 Å². The Morgan fingerprint density at radius 3 is 2.68 bits per heavy atom. The van der Waals surface area contributed by atoms with Crippen LogP contribution in [-0.4, -0.2) is 16.0 Å². The minimum absolute atomic E-state index is 0.0774. The summed E-state index contributed by atoms with van der Waals surface area (Å²) < 4.78 is 37.7. The van der Waals surface area contributed by atoms with Crippen molar-refractivity contribution in [3.05, 3.63) is 18.0 Å². The van der Waals surface area contributed by atoms with Crippen LogP contribution in [0.25, 0.3) is 0 Å². The number of hydrogen-bond acceptors (Lipinski definition) is 3. The van der Waals surface area contributed by atoms with Crippen molar-refractivity contribution in [3.8, 4) is 0 Å². The van der Waals surface area contributed by atoms with Crippen LogP contribution in [0.4, 0.5) is 19.1 Å². The minimum Gasteiger partial charge on any atom is -0.351 e. The van der Waals surface area contributed by atoms with Gasteiger partial charge in [-0.2, -0.15) is 13.2 Å². The van der Waals surface area contributed by atoms with Crippen molar-refractivity contribution >= 4 is 5.95 Å². The summed E-state index contributed by atoms with van der Waals surface area (Å²) in [5, 5.41) is 3.06. The number of nitrogens with one attached hydrogen (secondary N) is 1. The van der Waals surface area contributed by atoms with Crippen LogP contribution in [0, 0.1) is 5.92 Å². The van der Waals surface area contributed by atoms with Crippen LogP contribution in [0.1, 0.15) is 44.7 Å². The molecule has 1 N–H and O–H groups in total. The first kappa shape index (κ1) is 14.1. The summed E-state index contributed by atoms with van der Waals surface area (Å²) in [6.45, 7) is 2.12. The Bertz CT molecular complexity index is 420. The molecule has 0 aliphatic heterocycles. The van der Waals surface area contributed by atoms with Gasteiger partial charge in [-0.15, -0.1) is 0 Å². The minimum atomic E-state index is -4.42. The Kier molecular flexibility index (Phi) is 4.27. The molecule has 1 aromatic heterocycles. The molecule has 0 aromatic carbocycles. The van der Waals surface area contributed by atoms with Crippen LogP contribution in [0.2, 0.25) is 0 Å². The van der Waals surface area contributed by atoms with E-state index in [0.29, 0.717) is 5.92 Å². The zero-order chi connectivity index (χ0) is 13.9. The fourth-order valence-corrected chi connectivity index (χ4v) is 2.46. The predicted octanol–water partition coefficient (Wildman–Crippen LogP) is 3.88. The molecule has 106 valence electrons. The summed E-state index contributed by atoms with van der Waals surface area (Å²) in [5.41, 5.74) is -0.897. The van der Waals surface area contributed by atoms with E-state index in [0.717, 1.165) is 31.5 Å². The van der Waals surface area contributed by atoms with Crippen molar-refractivity contribution in [2.45, 2.75) is 51.2 Å². The summed E-state index contributed by atoms with van der Waals surface area (Å²) in [7, 11) is 0. The van der Waals surface area contributed by atoms with E-state index in [4.69, 9.17) is 0 Å². The molecule has 0 bridgehead atoms. The van der Waals surface area contributed by atoms with Crippen molar-refractivity contribution in [2.24, 2.45) is 5.92 Å². The molecule has 0 saturated heterocycles. The molecule has 1 aromatic rings. The van der Waals surface area contributed by atoms with Gasteiger partial charge in [-0.25, -0.2) is 9.97 Å². The van der Waals surface area contributed by atoms with Crippen molar-refractivity contribution < 1.29 is 13.2 Å². The molecule has 0 radical (unpaired) electrons. The maximum atomic E-state index is 12.6. The molecule has 6 heteroatoms. The molecule has 1 fully saturated rings. The summed E-state index contributed by atoms with van der Waals surface area (Å²) in [6.07, 6.45) is 2.25. The van der Waals surface area contributed by atoms with E-state index in [1.807, 2.05) is 0 Å². The maximum absolute atomic E-state index is 12.6. The lowest BCUT2D eigenvalue weighted by Gasteiger charge is -2.22. The monoisotopic (exact) mass is 273 g/mol. The molecule has 1 heterocycles. The number of anilines is 1. The highest BCUT2D eigenvalue weighted by atomic mass is 19.4. The van der Waals surface area contributed by atoms with Crippen molar-refractivity contribution in [1.29, 1.82) is 0 Å². The van der Waals surface area contributed by atoms with E-state index in [-0.39, 0.29) is 12.0 Å². The highest BCUT2D eigenvalue weighted by Gasteiger charge is 2.33. The average molecular weight is 273 g/mol. The smallest absolute Gasteiger partial charge is 0.351 e. The third-order valence-electron chi connectivity index (χ3n) is 3.62. The quantitative estimate of drug-likeness (QED) is 0.831. The second-order valence-electron chi connectivity index (χ2n) is 5.13. The first-order valence-corrected chi connectivity index (χ1v) is 6.63. The van der Waals surface area contributed by atoms with E-state index in [2.05, 4.69) is 22.2 Å². The van der Waals surface area contributed by atoms with Gasteiger partial charge in [0.05, 0.1) is 0 Å². The standard InChI is InChI=1S/C13H18F3N3/c1-9-5-3-2-4-6-10(9)18-12-17-8-7-11(19-12)13(14,15)16/h7-10H,2-6H2,1H3,(H,17,18,19). The lowest BCUT2D eigenvalue weighted by molar-refractivity contribution is -0.141. The van der Waals surface area contributed by atoms with Crippen LogP contribution in [0.5, 0.6) is 0 Å². The first-order chi connectivity index (χ1) is 8.97. The highest BCUT2D eigenvalue weighted by molar-refractivity contribution is 5.28. The first-order valence-electron chi connectivity index (χ1n) is 6.63. The molecule has 3 nitrogen and oxygen atoms in total. The largest absolute Gasteiger partial charge is 0.433 e. The number of alkyl halides is 3. The third kappa shape index (κ3) is 3.81. The maximum Gasteiger partial charge on any atom is 0.433 e. The van der Waals surface area contributed by atoms with Gasteiger partial charge >= 0.3 is 6.18 Å². The normalized spacial score (nSPS) is 24.8. The third-order valence-corrected chi connectivity index (χ3v) is 3.62. The van der Waals surface area contributed by atoms with Crippen molar-refractivity contribution in [1.82, 2.24) is 9.97 Å². The summed E-state index contributed by atoms with van der Waals surface area (Å²) in [5.74, 6) is 0.509. The molecule has 19 heavy (non-hydrogen) atoms. The van der Waals surface area contributed by atoms with Crippen molar-refractivity contribution in [2.75, 3.05) is 5.32 Å². The molecule has 1 aliphatic rings. The topological polar surface area (TPSA) is 37.8 Å². The van der Waals surface area contributed by atoms with Gasteiger partial charge in [-0.05, 0) is 24.8 Å². The van der Waals surface area contributed by atoms with Crippen LogP contribution in [0.15, 0.2) is 12.3 Å². The van der Waals surface area contributed by atoms with Crippen LogP contribution < -0.4 is 5.32 Å². The van der Waals surface area contributed by atoms with E-state index in [1.54, 1.807) is 0 Å². The Labute approximate surface area is 110 Å². The Morgan fingerprint density at radius 2 is 1.95 bits per heavy atom. The van der Waals surface area contributed by atoms with Gasteiger partial charge in [0, 0.05) is 12.2 Å². The zero-order valence-electron chi connectivity index (χ0n) is 10.9. The van der Waals surface area contributed by atoms with Gasteiger partial charge in [0.1, 0.15) is 5.69 Å². The van der Waals surface area contributed by atoms with E-state index < -0.39 is 11.9 Å². The van der Waals surface area contributed by atoms with E-state index in [9.17, 15) is 13.2 Å². The van der Waals surface area contributed by atoms with E-state index in [1.165, 1.54) is 12.8 Å². The number of halogens is 3. The number of hydrogen-bond donors (Lipinski definition) is 1. The highest BCUT2D eigenvalue weighted by Crippen LogP contribution is 2.29. The summed E-state index contributed by atoms with van der Waals surface area (Å²) >= 11 is 0. The number of rotatable bonds is 2. The number of nitrogens with zero attached hydrogens (tertiary/aromatic N) is 2. The molecular formula is C13H18F3N3. The van der Waals surface area contributed by atoms with Gasteiger partial charge in [-0.3, -0.25) is 0 Å². The molecule has 2 atom stereocenters. The summed E-state index contributed by atoms with van der Waals surface area (Å²) in [4.78, 5) is 7.45. The lowest BCUT2D eigenvalue weighted by Crippen LogP contribution is -2.27. The molecule has 2 unspecified atom stereocenters. The second kappa shape index (κ2) is 5.75. The lowest BCUT2D eigenvalue weighted by atomic mass is 9.97. The van der Waals surface area contributed by atoms with Gasteiger partial charge < -0.3 is 5.32 Å². The van der Waals surface area contributed by atoms with Crippen LogP contribution in [-0.2, 0) is 6.18 Å². The predicted molar refractivity (Wildman–Crippen MR) is 66.7 cm³/mol. The van der Waals surface area contributed by atoms with Crippen molar-refractivity contribution in [3.63, 3.8) is 0 Å². The average Bonchev–Trinajstić information content (AvgIpc) is 2.54. The van der Waals surface area contributed by atoms with E-state index >= 15 is 0 Å². The Hall–Kier alpha value is -1.33. The number of aromatic nitrogens is 2. The fraction of sp³-hybridized carbons (Fsp3) is 0.692. The van der Waals surface area contributed by atoms with Crippen LogP contribution in [0.3, 0.4) is 0 Å². The Balaban J connectivity index is 2.09. The molecule has 2 rings (SSSR count). The van der Waals surface area contributed by atoms with Gasteiger partial charge in [0.25, 0.3) is 0 Å². The molecule has 1 saturated carbocycles. The molecular weight excluding hydrogens is 255 g/mol. The second-order valence-corrected chi connectivity index (χ2v) is 5.13. The van der Waals surface area contributed by atoms with Crippen LogP contribution >= 0.6 is 0 Å². The Morgan fingerprint density at radius 1 is 1.21 bits per heavy atom. The molecule has 0 amide bonds. The molecule has 0 spiro atoms. The summed E-state index contributed by atoms with van der Waals surface area (Å²) in [6, 6.07) is 1.05.